The number of hydrogen-bond donors (Lipinski definition) is 2. The summed E-state index contributed by atoms with van der Waals surface area (Å²) in [4.78, 5) is 11.0. The van der Waals surface area contributed by atoms with Gasteiger partial charge in [-0.3, -0.25) is 5.10 Å². The van der Waals surface area contributed by atoms with Gasteiger partial charge in [0, 0.05) is 24.5 Å². The number of H-pyrrole nitrogens is 1. The van der Waals surface area contributed by atoms with E-state index >= 15 is 0 Å². The fraction of sp³-hybridized carbons (Fsp3) is 0.450. The summed E-state index contributed by atoms with van der Waals surface area (Å²) in [6, 6.07) is 7.92. The van der Waals surface area contributed by atoms with Crippen LogP contribution in [0.5, 0.6) is 5.75 Å². The minimum Gasteiger partial charge on any atom is -0.488 e. The van der Waals surface area contributed by atoms with Crippen LogP contribution in [0.25, 0.3) is 22.3 Å². The van der Waals surface area contributed by atoms with Gasteiger partial charge in [-0.1, -0.05) is 0 Å². The summed E-state index contributed by atoms with van der Waals surface area (Å²) in [7, 11) is 0. The molecule has 2 fully saturated rings. The summed E-state index contributed by atoms with van der Waals surface area (Å²) in [6.07, 6.45) is 3.54. The number of hydrogen-bond acceptors (Lipinski definition) is 7. The van der Waals surface area contributed by atoms with E-state index in [9.17, 15) is 5.11 Å². The molecule has 3 heterocycles. The van der Waals surface area contributed by atoms with Crippen LogP contribution in [0.1, 0.15) is 19.8 Å². The fourth-order valence-electron chi connectivity index (χ4n) is 3.50. The van der Waals surface area contributed by atoms with Crippen molar-refractivity contribution in [3.05, 3.63) is 30.6 Å². The number of nitrogens with zero attached hydrogens (tertiary/aromatic N) is 4. The number of ether oxygens (including phenoxy) is 2. The van der Waals surface area contributed by atoms with Crippen LogP contribution >= 0.6 is 0 Å². The Morgan fingerprint density at radius 1 is 1.32 bits per heavy atom. The molecule has 1 saturated heterocycles. The predicted molar refractivity (Wildman–Crippen MR) is 104 cm³/mol. The lowest BCUT2D eigenvalue weighted by Crippen LogP contribution is -2.44. The van der Waals surface area contributed by atoms with Crippen molar-refractivity contribution >= 4 is 16.7 Å². The number of nitrogens with one attached hydrogen (secondary N) is 1. The third-order valence-electron chi connectivity index (χ3n) is 5.41. The average molecular weight is 381 g/mol. The lowest BCUT2D eigenvalue weighted by Gasteiger charge is -2.32. The number of aliphatic hydroxyl groups is 1. The van der Waals surface area contributed by atoms with Gasteiger partial charge in [0.05, 0.1) is 30.5 Å². The van der Waals surface area contributed by atoms with Gasteiger partial charge in [-0.25, -0.2) is 9.97 Å². The first-order valence-corrected chi connectivity index (χ1v) is 9.60. The third kappa shape index (κ3) is 3.29. The van der Waals surface area contributed by atoms with Crippen LogP contribution in [-0.2, 0) is 4.74 Å². The van der Waals surface area contributed by atoms with Gasteiger partial charge in [0.1, 0.15) is 29.2 Å². The third-order valence-corrected chi connectivity index (χ3v) is 5.41. The van der Waals surface area contributed by atoms with Gasteiger partial charge in [-0.2, -0.15) is 5.10 Å². The summed E-state index contributed by atoms with van der Waals surface area (Å²) >= 11 is 0. The zero-order valence-electron chi connectivity index (χ0n) is 15.8. The molecule has 8 heteroatoms. The molecular formula is C20H23N5O3. The van der Waals surface area contributed by atoms with E-state index in [1.165, 1.54) is 0 Å². The first kappa shape index (κ1) is 17.4. The van der Waals surface area contributed by atoms with Gasteiger partial charge in [-0.05, 0) is 38.0 Å². The van der Waals surface area contributed by atoms with Gasteiger partial charge in [-0.15, -0.1) is 0 Å². The lowest BCUT2D eigenvalue weighted by molar-refractivity contribution is 0.00336. The monoisotopic (exact) mass is 381 g/mol. The Balaban J connectivity index is 1.47. The van der Waals surface area contributed by atoms with Gasteiger partial charge < -0.3 is 19.5 Å². The molecule has 0 bridgehead atoms. The standard InChI is InChI=1S/C20H23N5O3/c1-20(4-5-20)28-13-2-3-16-15(8-13)19(24-23-16)17-9-18(22-12-21-17)25-6-7-27-14(10-25)11-26/h2-3,8-9,12,14,26H,4-7,10-11H2,1H3,(H,23,24)/t14-/m0/s1. The fourth-order valence-corrected chi connectivity index (χ4v) is 3.50. The highest BCUT2D eigenvalue weighted by Crippen LogP contribution is 2.40. The predicted octanol–water partition coefficient (Wildman–Crippen LogP) is 2.15. The van der Waals surface area contributed by atoms with Gasteiger partial charge in [0.2, 0.25) is 0 Å². The summed E-state index contributed by atoms with van der Waals surface area (Å²) in [5.41, 5.74) is 2.43. The molecule has 0 spiro atoms. The minimum atomic E-state index is -0.193. The Hall–Kier alpha value is -2.71. The maximum Gasteiger partial charge on any atom is 0.132 e. The van der Waals surface area contributed by atoms with Crippen LogP contribution in [0, 0.1) is 0 Å². The van der Waals surface area contributed by atoms with Crippen LogP contribution in [0.3, 0.4) is 0 Å². The number of rotatable bonds is 5. The molecule has 2 aromatic heterocycles. The van der Waals surface area contributed by atoms with Crippen molar-refractivity contribution in [1.82, 2.24) is 20.2 Å². The molecule has 1 atom stereocenters. The number of aromatic nitrogens is 4. The number of aliphatic hydroxyl groups excluding tert-OH is 1. The minimum absolute atomic E-state index is 0.000140. The zero-order valence-corrected chi connectivity index (χ0v) is 15.8. The average Bonchev–Trinajstić information content (AvgIpc) is 3.30. The topological polar surface area (TPSA) is 96.4 Å². The van der Waals surface area contributed by atoms with Crippen molar-refractivity contribution in [2.24, 2.45) is 0 Å². The molecular weight excluding hydrogens is 358 g/mol. The molecule has 0 radical (unpaired) electrons. The Morgan fingerprint density at radius 3 is 3.04 bits per heavy atom. The SMILES string of the molecule is CC1(Oc2ccc3[nH]nc(-c4cc(N5CCO[C@H](CO)C5)ncn4)c3c2)CC1. The second kappa shape index (κ2) is 6.72. The van der Waals surface area contributed by atoms with Crippen molar-refractivity contribution in [1.29, 1.82) is 0 Å². The highest BCUT2D eigenvalue weighted by molar-refractivity contribution is 5.93. The Labute approximate surface area is 162 Å². The molecule has 3 aromatic rings. The number of aromatic amines is 1. The van der Waals surface area contributed by atoms with Crippen molar-refractivity contribution in [2.75, 3.05) is 31.2 Å². The second-order valence-corrected chi connectivity index (χ2v) is 7.71. The second-order valence-electron chi connectivity index (χ2n) is 7.71. The molecule has 1 aliphatic heterocycles. The zero-order chi connectivity index (χ0) is 19.1. The molecule has 1 saturated carbocycles. The molecule has 1 aliphatic carbocycles. The highest BCUT2D eigenvalue weighted by atomic mass is 16.5. The lowest BCUT2D eigenvalue weighted by atomic mass is 10.1. The molecule has 28 heavy (non-hydrogen) atoms. The molecule has 2 aliphatic rings. The highest BCUT2D eigenvalue weighted by Gasteiger charge is 2.40. The smallest absolute Gasteiger partial charge is 0.132 e. The van der Waals surface area contributed by atoms with E-state index in [1.807, 2.05) is 24.3 Å². The van der Waals surface area contributed by atoms with Gasteiger partial charge in [0.25, 0.3) is 0 Å². The Kier molecular flexibility index (Phi) is 4.17. The summed E-state index contributed by atoms with van der Waals surface area (Å²) < 4.78 is 11.6. The number of anilines is 1. The van der Waals surface area contributed by atoms with Crippen LogP contribution < -0.4 is 9.64 Å². The molecule has 2 N–H and O–H groups in total. The first-order valence-electron chi connectivity index (χ1n) is 9.60. The maximum atomic E-state index is 9.38. The van der Waals surface area contributed by atoms with E-state index in [4.69, 9.17) is 9.47 Å². The van der Waals surface area contributed by atoms with E-state index in [-0.39, 0.29) is 18.3 Å². The van der Waals surface area contributed by atoms with Crippen molar-refractivity contribution < 1.29 is 14.6 Å². The maximum absolute atomic E-state index is 9.38. The molecule has 1 aromatic carbocycles. The van der Waals surface area contributed by atoms with E-state index in [1.54, 1.807) is 6.33 Å². The number of morpholine rings is 1. The van der Waals surface area contributed by atoms with Crippen LogP contribution in [0.15, 0.2) is 30.6 Å². The Morgan fingerprint density at radius 2 is 2.21 bits per heavy atom. The molecule has 146 valence electrons. The van der Waals surface area contributed by atoms with Crippen molar-refractivity contribution in [3.63, 3.8) is 0 Å². The van der Waals surface area contributed by atoms with Crippen LogP contribution in [0.2, 0.25) is 0 Å². The van der Waals surface area contributed by atoms with Gasteiger partial charge in [0.15, 0.2) is 0 Å². The van der Waals surface area contributed by atoms with Crippen molar-refractivity contribution in [3.8, 4) is 17.1 Å². The summed E-state index contributed by atoms with van der Waals surface area (Å²) in [5, 5.41) is 17.9. The number of fused-ring (bicyclic) bond motifs is 1. The molecule has 8 nitrogen and oxygen atoms in total. The first-order chi connectivity index (χ1) is 13.6. The van der Waals surface area contributed by atoms with E-state index in [0.717, 1.165) is 53.2 Å². The van der Waals surface area contributed by atoms with E-state index in [2.05, 4.69) is 32.0 Å². The van der Waals surface area contributed by atoms with Gasteiger partial charge >= 0.3 is 0 Å². The molecule has 5 rings (SSSR count). The van der Waals surface area contributed by atoms with Crippen LogP contribution in [0.4, 0.5) is 5.82 Å². The van der Waals surface area contributed by atoms with E-state index < -0.39 is 0 Å². The normalized spacial score (nSPS) is 21.1. The Bertz CT molecular complexity index is 1000. The summed E-state index contributed by atoms with van der Waals surface area (Å²) in [5.74, 6) is 1.66. The van der Waals surface area contributed by atoms with Crippen molar-refractivity contribution in [2.45, 2.75) is 31.5 Å². The largest absolute Gasteiger partial charge is 0.488 e. The quantitative estimate of drug-likeness (QED) is 0.699. The van der Waals surface area contributed by atoms with Crippen LogP contribution in [-0.4, -0.2) is 63.3 Å². The molecule has 0 amide bonds. The number of benzene rings is 1. The summed E-state index contributed by atoms with van der Waals surface area (Å²) in [6.45, 7) is 4.03. The van der Waals surface area contributed by atoms with E-state index in [0.29, 0.717) is 13.2 Å². The molecule has 0 unspecified atom stereocenters.